The van der Waals surface area contributed by atoms with Crippen LogP contribution in [0.1, 0.15) is 37.4 Å². The van der Waals surface area contributed by atoms with Crippen molar-refractivity contribution >= 4 is 0 Å². The number of likely N-dealkylation sites (tertiary alicyclic amines) is 1. The highest BCUT2D eigenvalue weighted by Gasteiger charge is 2.29. The maximum Gasteiger partial charge on any atom is 0.0426 e. The predicted octanol–water partition coefficient (Wildman–Crippen LogP) is 2.73. The van der Waals surface area contributed by atoms with Crippen LogP contribution in [0, 0.1) is 12.3 Å². The molecule has 0 amide bonds. The van der Waals surface area contributed by atoms with Gasteiger partial charge in [0.1, 0.15) is 0 Å². The molecule has 2 N–H and O–H groups in total. The zero-order chi connectivity index (χ0) is 12.5. The second-order valence-corrected chi connectivity index (χ2v) is 6.11. The second-order valence-electron chi connectivity index (χ2n) is 6.11. The number of aryl methyl sites for hydroxylation is 1. The van der Waals surface area contributed by atoms with Crippen molar-refractivity contribution in [3.05, 3.63) is 35.4 Å². The number of nitrogens with two attached hydrogens (primary N) is 1. The van der Waals surface area contributed by atoms with Crippen molar-refractivity contribution in [1.82, 2.24) is 4.90 Å². The fraction of sp³-hybridized carbons (Fsp3) is 0.600. The summed E-state index contributed by atoms with van der Waals surface area (Å²) in [6.45, 7) is 10.2. The molecule has 0 saturated carbocycles. The van der Waals surface area contributed by atoms with Crippen molar-refractivity contribution in [3.8, 4) is 0 Å². The van der Waals surface area contributed by atoms with Gasteiger partial charge in [0.15, 0.2) is 0 Å². The Labute approximate surface area is 105 Å². The molecule has 0 aliphatic carbocycles. The normalized spacial score (nSPS) is 21.6. The average molecular weight is 232 g/mol. The van der Waals surface area contributed by atoms with E-state index >= 15 is 0 Å². The monoisotopic (exact) mass is 232 g/mol. The van der Waals surface area contributed by atoms with Gasteiger partial charge in [0.05, 0.1) is 0 Å². The van der Waals surface area contributed by atoms with Gasteiger partial charge in [-0.25, -0.2) is 0 Å². The molecule has 1 aliphatic heterocycles. The lowest BCUT2D eigenvalue weighted by Crippen LogP contribution is -2.32. The smallest absolute Gasteiger partial charge is 0.0426 e. The molecular weight excluding hydrogens is 208 g/mol. The standard InChI is InChI=1S/C15H24N2/c1-12-6-4-5-7-13(12)14(16)10-17-9-8-15(2,3)11-17/h4-7,14H,8-11,16H2,1-3H3. The molecule has 1 unspecified atom stereocenters. The van der Waals surface area contributed by atoms with E-state index in [-0.39, 0.29) is 6.04 Å². The summed E-state index contributed by atoms with van der Waals surface area (Å²) in [4.78, 5) is 2.50. The summed E-state index contributed by atoms with van der Waals surface area (Å²) in [5, 5.41) is 0. The Bertz CT molecular complexity index is 384. The van der Waals surface area contributed by atoms with E-state index < -0.39 is 0 Å². The van der Waals surface area contributed by atoms with Crippen LogP contribution in [0.4, 0.5) is 0 Å². The molecule has 1 heterocycles. The molecule has 1 aromatic rings. The zero-order valence-corrected chi connectivity index (χ0v) is 11.2. The third-order valence-corrected chi connectivity index (χ3v) is 3.80. The van der Waals surface area contributed by atoms with Crippen molar-refractivity contribution in [2.24, 2.45) is 11.1 Å². The Morgan fingerprint density at radius 1 is 1.35 bits per heavy atom. The second kappa shape index (κ2) is 4.79. The molecule has 17 heavy (non-hydrogen) atoms. The molecule has 2 rings (SSSR count). The topological polar surface area (TPSA) is 29.3 Å². The summed E-state index contributed by atoms with van der Waals surface area (Å²) < 4.78 is 0. The summed E-state index contributed by atoms with van der Waals surface area (Å²) in [6.07, 6.45) is 1.29. The van der Waals surface area contributed by atoms with Gasteiger partial charge < -0.3 is 10.6 Å². The fourth-order valence-electron chi connectivity index (χ4n) is 2.76. The molecular formula is C15H24N2. The highest BCUT2D eigenvalue weighted by atomic mass is 15.2. The summed E-state index contributed by atoms with van der Waals surface area (Å²) in [7, 11) is 0. The number of hydrogen-bond donors (Lipinski definition) is 1. The lowest BCUT2D eigenvalue weighted by Gasteiger charge is -2.24. The van der Waals surface area contributed by atoms with Crippen LogP contribution in [0.2, 0.25) is 0 Å². The summed E-state index contributed by atoms with van der Waals surface area (Å²) >= 11 is 0. The number of nitrogens with zero attached hydrogens (tertiary/aromatic N) is 1. The van der Waals surface area contributed by atoms with Crippen LogP contribution in [-0.2, 0) is 0 Å². The molecule has 0 spiro atoms. The van der Waals surface area contributed by atoms with E-state index in [2.05, 4.69) is 49.9 Å². The SMILES string of the molecule is Cc1ccccc1C(N)CN1CCC(C)(C)C1. The van der Waals surface area contributed by atoms with Crippen LogP contribution < -0.4 is 5.73 Å². The highest BCUT2D eigenvalue weighted by Crippen LogP contribution is 2.30. The van der Waals surface area contributed by atoms with E-state index in [1.54, 1.807) is 0 Å². The van der Waals surface area contributed by atoms with Crippen molar-refractivity contribution < 1.29 is 0 Å². The molecule has 2 heteroatoms. The van der Waals surface area contributed by atoms with Gasteiger partial charge in [-0.05, 0) is 36.4 Å². The van der Waals surface area contributed by atoms with Crippen molar-refractivity contribution in [3.63, 3.8) is 0 Å². The number of hydrogen-bond acceptors (Lipinski definition) is 2. The lowest BCUT2D eigenvalue weighted by atomic mass is 9.93. The predicted molar refractivity (Wildman–Crippen MR) is 72.9 cm³/mol. The van der Waals surface area contributed by atoms with Gasteiger partial charge in [-0.2, -0.15) is 0 Å². The van der Waals surface area contributed by atoms with E-state index in [0.29, 0.717) is 5.41 Å². The molecule has 1 saturated heterocycles. The Hall–Kier alpha value is -0.860. The molecule has 0 radical (unpaired) electrons. The van der Waals surface area contributed by atoms with Gasteiger partial charge in [-0.15, -0.1) is 0 Å². The quantitative estimate of drug-likeness (QED) is 0.868. The fourth-order valence-corrected chi connectivity index (χ4v) is 2.76. The third-order valence-electron chi connectivity index (χ3n) is 3.80. The van der Waals surface area contributed by atoms with Crippen LogP contribution in [0.25, 0.3) is 0 Å². The Morgan fingerprint density at radius 3 is 2.65 bits per heavy atom. The third kappa shape index (κ3) is 3.08. The van der Waals surface area contributed by atoms with Crippen LogP contribution in [-0.4, -0.2) is 24.5 Å². The molecule has 1 aromatic carbocycles. The molecule has 0 bridgehead atoms. The van der Waals surface area contributed by atoms with Gasteiger partial charge in [0.2, 0.25) is 0 Å². The summed E-state index contributed by atoms with van der Waals surface area (Å²) in [5.41, 5.74) is 9.38. The zero-order valence-electron chi connectivity index (χ0n) is 11.2. The highest BCUT2D eigenvalue weighted by molar-refractivity contribution is 5.28. The minimum atomic E-state index is 0.144. The van der Waals surface area contributed by atoms with Crippen LogP contribution in [0.15, 0.2) is 24.3 Å². The first kappa shape index (κ1) is 12.6. The first-order chi connectivity index (χ1) is 7.98. The molecule has 94 valence electrons. The first-order valence-electron chi connectivity index (χ1n) is 6.51. The lowest BCUT2D eigenvalue weighted by molar-refractivity contribution is 0.276. The van der Waals surface area contributed by atoms with Crippen molar-refractivity contribution in [2.75, 3.05) is 19.6 Å². The Morgan fingerprint density at radius 2 is 2.06 bits per heavy atom. The maximum absolute atomic E-state index is 6.32. The van der Waals surface area contributed by atoms with Crippen molar-refractivity contribution in [2.45, 2.75) is 33.2 Å². The Kier molecular flexibility index (Phi) is 3.55. The first-order valence-corrected chi connectivity index (χ1v) is 6.51. The van der Waals surface area contributed by atoms with E-state index in [4.69, 9.17) is 5.73 Å². The van der Waals surface area contributed by atoms with Gasteiger partial charge in [0, 0.05) is 19.1 Å². The molecule has 1 fully saturated rings. The van der Waals surface area contributed by atoms with E-state index in [1.165, 1.54) is 30.6 Å². The van der Waals surface area contributed by atoms with Gasteiger partial charge in [0.25, 0.3) is 0 Å². The molecule has 0 aromatic heterocycles. The van der Waals surface area contributed by atoms with E-state index in [1.807, 2.05) is 0 Å². The molecule has 1 aliphatic rings. The van der Waals surface area contributed by atoms with Crippen LogP contribution in [0.3, 0.4) is 0 Å². The van der Waals surface area contributed by atoms with Gasteiger partial charge in [-0.3, -0.25) is 0 Å². The Balaban J connectivity index is 1.99. The largest absolute Gasteiger partial charge is 0.323 e. The maximum atomic E-state index is 6.32. The van der Waals surface area contributed by atoms with Crippen LogP contribution in [0.5, 0.6) is 0 Å². The minimum absolute atomic E-state index is 0.144. The van der Waals surface area contributed by atoms with Crippen LogP contribution >= 0.6 is 0 Å². The van der Waals surface area contributed by atoms with E-state index in [0.717, 1.165) is 6.54 Å². The van der Waals surface area contributed by atoms with E-state index in [9.17, 15) is 0 Å². The molecule has 1 atom stereocenters. The molecule has 2 nitrogen and oxygen atoms in total. The van der Waals surface area contributed by atoms with Gasteiger partial charge in [-0.1, -0.05) is 38.1 Å². The van der Waals surface area contributed by atoms with Gasteiger partial charge >= 0.3 is 0 Å². The number of rotatable bonds is 3. The van der Waals surface area contributed by atoms with Crippen molar-refractivity contribution in [1.29, 1.82) is 0 Å². The number of benzene rings is 1. The average Bonchev–Trinajstić information content (AvgIpc) is 2.58. The minimum Gasteiger partial charge on any atom is -0.323 e. The summed E-state index contributed by atoms with van der Waals surface area (Å²) in [6, 6.07) is 8.59. The summed E-state index contributed by atoms with van der Waals surface area (Å²) in [5.74, 6) is 0.